The molecule has 0 N–H and O–H groups in total. The fraction of sp³-hybridized carbons (Fsp3) is 0. The van der Waals surface area contributed by atoms with Gasteiger partial charge in [-0.2, -0.15) is 0 Å². The second-order valence-electron chi connectivity index (χ2n) is 16.3. The highest BCUT2D eigenvalue weighted by molar-refractivity contribution is 6.34. The SMILES string of the molecule is c1ccc(-c2ccc(-c3ccccc3)c3c2cc2c4c(cccc43)-c3c-2c(-c2ccc4ccccc4c2)c2cc4ccccc4cc2c3-c2ccc3ccccc3c2)cc1. The number of hydrogen-bond acceptors (Lipinski definition) is 0. The molecule has 12 aromatic carbocycles. The summed E-state index contributed by atoms with van der Waals surface area (Å²) in [6.07, 6.45) is 0. The molecular formula is C60H36. The van der Waals surface area contributed by atoms with E-state index in [9.17, 15) is 0 Å². The van der Waals surface area contributed by atoms with Gasteiger partial charge in [-0.05, 0) is 162 Å². The first kappa shape index (κ1) is 33.2. The van der Waals surface area contributed by atoms with Crippen LogP contribution in [-0.4, -0.2) is 0 Å². The summed E-state index contributed by atoms with van der Waals surface area (Å²) in [4.78, 5) is 0. The van der Waals surface area contributed by atoms with E-state index in [-0.39, 0.29) is 0 Å². The minimum absolute atomic E-state index is 1.22. The molecule has 0 bridgehead atoms. The molecule has 0 spiro atoms. The Bertz CT molecular complexity index is 3740. The van der Waals surface area contributed by atoms with Crippen molar-refractivity contribution in [2.24, 2.45) is 0 Å². The number of rotatable bonds is 4. The quantitative estimate of drug-likeness (QED) is 0.124. The van der Waals surface area contributed by atoms with Crippen molar-refractivity contribution in [2.75, 3.05) is 0 Å². The molecule has 0 unspecified atom stereocenters. The van der Waals surface area contributed by atoms with Crippen molar-refractivity contribution in [1.29, 1.82) is 0 Å². The molecule has 0 saturated heterocycles. The third-order valence-corrected chi connectivity index (χ3v) is 13.1. The van der Waals surface area contributed by atoms with E-state index in [0.717, 1.165) is 0 Å². The molecule has 1 aliphatic carbocycles. The summed E-state index contributed by atoms with van der Waals surface area (Å²) < 4.78 is 0. The molecule has 0 heteroatoms. The Morgan fingerprint density at radius 2 is 0.650 bits per heavy atom. The Morgan fingerprint density at radius 1 is 0.183 bits per heavy atom. The Hall–Kier alpha value is -7.80. The van der Waals surface area contributed by atoms with Crippen molar-refractivity contribution in [1.82, 2.24) is 0 Å². The van der Waals surface area contributed by atoms with Gasteiger partial charge < -0.3 is 0 Å². The van der Waals surface area contributed by atoms with Gasteiger partial charge in [0.15, 0.2) is 0 Å². The molecule has 0 heterocycles. The summed E-state index contributed by atoms with van der Waals surface area (Å²) in [5.41, 5.74) is 15.2. The van der Waals surface area contributed by atoms with Gasteiger partial charge >= 0.3 is 0 Å². The molecular weight excluding hydrogens is 721 g/mol. The number of benzene rings is 12. The van der Waals surface area contributed by atoms with Crippen LogP contribution in [0.15, 0.2) is 218 Å². The van der Waals surface area contributed by atoms with Crippen LogP contribution in [0, 0.1) is 0 Å². The first-order valence-corrected chi connectivity index (χ1v) is 20.9. The molecule has 0 fully saturated rings. The maximum absolute atomic E-state index is 2.55. The number of hydrogen-bond donors (Lipinski definition) is 0. The lowest BCUT2D eigenvalue weighted by Gasteiger charge is -2.22. The summed E-state index contributed by atoms with van der Waals surface area (Å²) in [5, 5.41) is 15.2. The first-order chi connectivity index (χ1) is 29.8. The third kappa shape index (κ3) is 4.86. The van der Waals surface area contributed by atoms with E-state index in [1.165, 1.54) is 131 Å². The zero-order valence-corrected chi connectivity index (χ0v) is 32.8. The van der Waals surface area contributed by atoms with Crippen LogP contribution in [0.5, 0.6) is 0 Å². The van der Waals surface area contributed by atoms with Crippen LogP contribution in [0.3, 0.4) is 0 Å². The zero-order chi connectivity index (χ0) is 39.3. The smallest absolute Gasteiger partial charge is 0.000718 e. The molecule has 0 nitrogen and oxygen atoms in total. The number of fused-ring (bicyclic) bond motifs is 9. The van der Waals surface area contributed by atoms with Gasteiger partial charge in [-0.25, -0.2) is 0 Å². The molecule has 276 valence electrons. The largest absolute Gasteiger partial charge is 0.0622 e. The molecule has 12 aromatic rings. The van der Waals surface area contributed by atoms with Crippen LogP contribution in [-0.2, 0) is 0 Å². The van der Waals surface area contributed by atoms with Crippen LogP contribution in [0.4, 0.5) is 0 Å². The van der Waals surface area contributed by atoms with Gasteiger partial charge in [-0.15, -0.1) is 0 Å². The van der Waals surface area contributed by atoms with Crippen molar-refractivity contribution in [3.63, 3.8) is 0 Å². The monoisotopic (exact) mass is 756 g/mol. The molecule has 13 rings (SSSR count). The van der Waals surface area contributed by atoms with Crippen molar-refractivity contribution >= 4 is 64.6 Å². The summed E-state index contributed by atoms with van der Waals surface area (Å²) in [6, 6.07) is 81.6. The molecule has 0 aromatic heterocycles. The lowest BCUT2D eigenvalue weighted by atomic mass is 9.81. The second kappa shape index (κ2) is 12.9. The average molecular weight is 757 g/mol. The Morgan fingerprint density at radius 3 is 1.22 bits per heavy atom. The maximum atomic E-state index is 2.55. The Kier molecular flexibility index (Phi) is 7.11. The van der Waals surface area contributed by atoms with Crippen LogP contribution in [0.25, 0.3) is 131 Å². The van der Waals surface area contributed by atoms with Crippen LogP contribution in [0.2, 0.25) is 0 Å². The van der Waals surface area contributed by atoms with E-state index in [0.29, 0.717) is 0 Å². The van der Waals surface area contributed by atoms with Gasteiger partial charge in [-0.1, -0.05) is 188 Å². The maximum Gasteiger partial charge on any atom is -0.000718 e. The lowest BCUT2D eigenvalue weighted by molar-refractivity contribution is 1.63. The highest BCUT2D eigenvalue weighted by atomic mass is 14.3. The van der Waals surface area contributed by atoms with Gasteiger partial charge in [0.2, 0.25) is 0 Å². The highest BCUT2D eigenvalue weighted by Crippen LogP contribution is 2.60. The van der Waals surface area contributed by atoms with Crippen molar-refractivity contribution in [3.05, 3.63) is 218 Å². The molecule has 1 aliphatic rings. The summed E-state index contributed by atoms with van der Waals surface area (Å²) in [5.74, 6) is 0. The normalized spacial score (nSPS) is 12.0. The van der Waals surface area contributed by atoms with E-state index in [2.05, 4.69) is 218 Å². The first-order valence-electron chi connectivity index (χ1n) is 20.9. The van der Waals surface area contributed by atoms with Crippen LogP contribution < -0.4 is 0 Å². The molecule has 60 heavy (non-hydrogen) atoms. The summed E-state index contributed by atoms with van der Waals surface area (Å²) in [6.45, 7) is 0. The zero-order valence-electron chi connectivity index (χ0n) is 32.8. The van der Waals surface area contributed by atoms with Crippen LogP contribution >= 0.6 is 0 Å². The van der Waals surface area contributed by atoms with E-state index in [1.807, 2.05) is 0 Å². The van der Waals surface area contributed by atoms with Gasteiger partial charge in [-0.3, -0.25) is 0 Å². The summed E-state index contributed by atoms with van der Waals surface area (Å²) >= 11 is 0. The lowest BCUT2D eigenvalue weighted by Crippen LogP contribution is -1.94. The second-order valence-corrected chi connectivity index (χ2v) is 16.3. The van der Waals surface area contributed by atoms with Crippen molar-refractivity contribution in [2.45, 2.75) is 0 Å². The Labute approximate surface area is 348 Å². The van der Waals surface area contributed by atoms with E-state index >= 15 is 0 Å². The van der Waals surface area contributed by atoms with E-state index < -0.39 is 0 Å². The fourth-order valence-corrected chi connectivity index (χ4v) is 10.5. The third-order valence-electron chi connectivity index (χ3n) is 13.1. The molecule has 0 saturated carbocycles. The van der Waals surface area contributed by atoms with Gasteiger partial charge in [0.25, 0.3) is 0 Å². The topological polar surface area (TPSA) is 0 Å². The standard InChI is InChI=1S/C60H36/c1-3-16-39(17-4-1)47-30-31-48(40-18-5-2-6-19-40)57-49-24-13-25-50-58(49)54(36-53(47)57)60-56(46-29-27-38-15-8-10-21-42(38)33-46)52-35-44-23-12-11-22-43(44)34-51(52)55(59(50)60)45-28-26-37-14-7-9-20-41(37)32-45/h1-36H. The van der Waals surface area contributed by atoms with Crippen molar-refractivity contribution in [3.8, 4) is 66.8 Å². The van der Waals surface area contributed by atoms with Gasteiger partial charge in [0.05, 0.1) is 0 Å². The molecule has 0 amide bonds. The molecule has 0 atom stereocenters. The molecule has 0 aliphatic heterocycles. The summed E-state index contributed by atoms with van der Waals surface area (Å²) in [7, 11) is 0. The average Bonchev–Trinajstić information content (AvgIpc) is 3.64. The van der Waals surface area contributed by atoms with E-state index in [4.69, 9.17) is 0 Å². The van der Waals surface area contributed by atoms with Crippen molar-refractivity contribution < 1.29 is 0 Å². The fourth-order valence-electron chi connectivity index (χ4n) is 10.5. The minimum atomic E-state index is 1.22. The van der Waals surface area contributed by atoms with Gasteiger partial charge in [0.1, 0.15) is 0 Å². The van der Waals surface area contributed by atoms with Crippen LogP contribution in [0.1, 0.15) is 0 Å². The van der Waals surface area contributed by atoms with E-state index in [1.54, 1.807) is 0 Å². The Balaban J connectivity index is 1.26. The highest BCUT2D eigenvalue weighted by Gasteiger charge is 2.32. The molecule has 0 radical (unpaired) electrons. The predicted octanol–water partition coefficient (Wildman–Crippen LogP) is 16.9. The predicted molar refractivity (Wildman–Crippen MR) is 258 cm³/mol. The van der Waals surface area contributed by atoms with Gasteiger partial charge in [0, 0.05) is 0 Å². The minimum Gasteiger partial charge on any atom is -0.0622 e.